The van der Waals surface area contributed by atoms with Gasteiger partial charge in [-0.05, 0) is 61.9 Å². The molecule has 6 nitrogen and oxygen atoms in total. The Balaban J connectivity index is 1.73. The van der Waals surface area contributed by atoms with Gasteiger partial charge in [-0.3, -0.25) is 14.9 Å². The SMILES string of the molecule is CCCC1(CC)N[C@@H](C(=O)NC2CC(C)(O)C2)[C@H](c2cccc(Cl)c2F)[C@]12C(=O)Nc1cc(Cl)ccc12. The normalized spacial score (nSPS) is 34.2. The average molecular weight is 548 g/mol. The van der Waals surface area contributed by atoms with Gasteiger partial charge in [0.15, 0.2) is 0 Å². The van der Waals surface area contributed by atoms with E-state index in [2.05, 4.69) is 16.0 Å². The number of halogens is 3. The van der Waals surface area contributed by atoms with Gasteiger partial charge in [-0.1, -0.05) is 61.7 Å². The first-order valence-electron chi connectivity index (χ1n) is 12.9. The van der Waals surface area contributed by atoms with Crippen molar-refractivity contribution < 1.29 is 19.1 Å². The summed E-state index contributed by atoms with van der Waals surface area (Å²) >= 11 is 12.5. The summed E-state index contributed by atoms with van der Waals surface area (Å²) in [6.45, 7) is 5.75. The molecule has 198 valence electrons. The van der Waals surface area contributed by atoms with Crippen molar-refractivity contribution in [2.24, 2.45) is 0 Å². The van der Waals surface area contributed by atoms with Crippen molar-refractivity contribution in [1.29, 1.82) is 0 Å². The Morgan fingerprint density at radius 1 is 1.22 bits per heavy atom. The molecule has 2 amide bonds. The summed E-state index contributed by atoms with van der Waals surface area (Å²) in [6.07, 6.45) is 2.71. The van der Waals surface area contributed by atoms with E-state index in [9.17, 15) is 14.7 Å². The Morgan fingerprint density at radius 2 is 1.95 bits per heavy atom. The van der Waals surface area contributed by atoms with Crippen molar-refractivity contribution in [3.63, 3.8) is 0 Å². The summed E-state index contributed by atoms with van der Waals surface area (Å²) in [4.78, 5) is 28.1. The molecule has 4 N–H and O–H groups in total. The molecule has 9 heteroatoms. The maximum atomic E-state index is 15.8. The molecule has 3 aliphatic rings. The number of anilines is 1. The monoisotopic (exact) mass is 547 g/mol. The Hall–Kier alpha value is -2.19. The molecule has 0 aromatic heterocycles. The van der Waals surface area contributed by atoms with E-state index in [0.29, 0.717) is 42.0 Å². The molecule has 1 aliphatic carbocycles. The standard InChI is InChI=1S/C28H32Cl2FN3O3/c1-4-11-27(5-2)28(18-10-9-15(29)12-20(18)33-25(28)36)21(17-7-6-8-19(30)22(17)31)23(34-27)24(35)32-16-13-26(3,37)14-16/h6-10,12,16,21,23,34,37H,4-5,11,13-14H2,1-3H3,(H,32,35)(H,33,36)/t16?,21-,23+,26?,27?,28+/m0/s1. The number of fused-ring (bicyclic) bond motifs is 2. The van der Waals surface area contributed by atoms with Crippen LogP contribution in [0.2, 0.25) is 10.0 Å². The van der Waals surface area contributed by atoms with Crippen LogP contribution in [0.25, 0.3) is 0 Å². The van der Waals surface area contributed by atoms with E-state index in [1.807, 2.05) is 19.9 Å². The van der Waals surface area contributed by atoms with Gasteiger partial charge in [-0.25, -0.2) is 4.39 Å². The van der Waals surface area contributed by atoms with Crippen molar-refractivity contribution in [1.82, 2.24) is 10.6 Å². The fourth-order valence-corrected chi connectivity index (χ4v) is 7.53. The molecule has 2 aliphatic heterocycles. The van der Waals surface area contributed by atoms with Crippen LogP contribution in [0.1, 0.15) is 69.9 Å². The number of rotatable bonds is 6. The number of nitrogens with one attached hydrogen (secondary N) is 3. The average Bonchev–Trinajstić information content (AvgIpc) is 3.28. The predicted molar refractivity (Wildman–Crippen MR) is 143 cm³/mol. The summed E-state index contributed by atoms with van der Waals surface area (Å²) < 4.78 is 15.8. The fraction of sp³-hybridized carbons (Fsp3) is 0.500. The summed E-state index contributed by atoms with van der Waals surface area (Å²) in [5, 5.41) is 20.2. The first-order chi connectivity index (χ1) is 17.5. The van der Waals surface area contributed by atoms with Gasteiger partial charge in [0.05, 0.1) is 16.7 Å². The Morgan fingerprint density at radius 3 is 2.59 bits per heavy atom. The molecule has 1 unspecified atom stereocenters. The van der Waals surface area contributed by atoms with Crippen molar-refractivity contribution in [2.45, 2.75) is 87.4 Å². The van der Waals surface area contributed by atoms with Crippen LogP contribution in [0.5, 0.6) is 0 Å². The lowest BCUT2D eigenvalue weighted by atomic mass is 9.57. The van der Waals surface area contributed by atoms with Gasteiger partial charge >= 0.3 is 0 Å². The van der Waals surface area contributed by atoms with Crippen molar-refractivity contribution in [3.8, 4) is 0 Å². The molecule has 2 aromatic carbocycles. The summed E-state index contributed by atoms with van der Waals surface area (Å²) in [6, 6.07) is 8.85. The maximum absolute atomic E-state index is 15.8. The van der Waals surface area contributed by atoms with Gasteiger partial charge in [-0.15, -0.1) is 0 Å². The van der Waals surface area contributed by atoms with Crippen LogP contribution in [0, 0.1) is 5.82 Å². The van der Waals surface area contributed by atoms with Gasteiger partial charge in [0.1, 0.15) is 11.2 Å². The molecule has 0 radical (unpaired) electrons. The van der Waals surface area contributed by atoms with Crippen LogP contribution in [-0.2, 0) is 15.0 Å². The molecule has 0 bridgehead atoms. The molecule has 4 atom stereocenters. The number of carbonyl (C=O) groups excluding carboxylic acids is 2. The molecular weight excluding hydrogens is 516 g/mol. The van der Waals surface area contributed by atoms with Crippen molar-refractivity contribution >= 4 is 40.7 Å². The number of aliphatic hydroxyl groups is 1. The lowest BCUT2D eigenvalue weighted by molar-refractivity contribution is -0.127. The van der Waals surface area contributed by atoms with E-state index in [1.165, 1.54) is 6.07 Å². The van der Waals surface area contributed by atoms with Crippen LogP contribution in [-0.4, -0.2) is 40.1 Å². The molecule has 37 heavy (non-hydrogen) atoms. The summed E-state index contributed by atoms with van der Waals surface area (Å²) in [5.74, 6) is -2.15. The third-order valence-corrected chi connectivity index (χ3v) is 9.12. The van der Waals surface area contributed by atoms with Crippen LogP contribution in [0.3, 0.4) is 0 Å². The maximum Gasteiger partial charge on any atom is 0.238 e. The highest BCUT2D eigenvalue weighted by molar-refractivity contribution is 6.31. The highest BCUT2D eigenvalue weighted by Crippen LogP contribution is 2.61. The second-order valence-electron chi connectivity index (χ2n) is 11.0. The molecule has 1 saturated carbocycles. The number of hydrogen-bond acceptors (Lipinski definition) is 4. The van der Waals surface area contributed by atoms with Gasteiger partial charge < -0.3 is 15.7 Å². The molecule has 2 heterocycles. The highest BCUT2D eigenvalue weighted by atomic mass is 35.5. The Kier molecular flexibility index (Phi) is 6.59. The third-order valence-electron chi connectivity index (χ3n) is 8.60. The van der Waals surface area contributed by atoms with Crippen LogP contribution in [0.15, 0.2) is 36.4 Å². The van der Waals surface area contributed by atoms with Crippen LogP contribution < -0.4 is 16.0 Å². The quantitative estimate of drug-likeness (QED) is 0.407. The minimum atomic E-state index is -1.30. The van der Waals surface area contributed by atoms with E-state index < -0.39 is 34.3 Å². The predicted octanol–water partition coefficient (Wildman–Crippen LogP) is 5.06. The molecule has 1 saturated heterocycles. The topological polar surface area (TPSA) is 90.5 Å². The molecule has 2 fully saturated rings. The van der Waals surface area contributed by atoms with E-state index in [1.54, 1.807) is 31.2 Å². The van der Waals surface area contributed by atoms with Gasteiger partial charge in [0.25, 0.3) is 0 Å². The molecule has 1 spiro atoms. The van der Waals surface area contributed by atoms with E-state index in [0.717, 1.165) is 6.42 Å². The molecular formula is C28H32Cl2FN3O3. The second kappa shape index (κ2) is 9.23. The lowest BCUT2D eigenvalue weighted by Crippen LogP contribution is -2.59. The Bertz CT molecular complexity index is 1260. The number of amides is 2. The molecule has 5 rings (SSSR count). The van der Waals surface area contributed by atoms with Crippen LogP contribution >= 0.6 is 23.2 Å². The highest BCUT2D eigenvalue weighted by Gasteiger charge is 2.71. The smallest absolute Gasteiger partial charge is 0.238 e. The zero-order valence-corrected chi connectivity index (χ0v) is 22.6. The van der Waals surface area contributed by atoms with Crippen molar-refractivity contribution in [3.05, 3.63) is 63.4 Å². The third kappa shape index (κ3) is 3.89. The minimum Gasteiger partial charge on any atom is -0.390 e. The van der Waals surface area contributed by atoms with E-state index >= 15 is 4.39 Å². The van der Waals surface area contributed by atoms with Gasteiger partial charge in [-0.2, -0.15) is 0 Å². The first kappa shape index (κ1) is 26.4. The van der Waals surface area contributed by atoms with E-state index in [-0.39, 0.29) is 28.4 Å². The summed E-state index contributed by atoms with van der Waals surface area (Å²) in [7, 11) is 0. The fourth-order valence-electron chi connectivity index (χ4n) is 7.17. The zero-order valence-electron chi connectivity index (χ0n) is 21.1. The number of carbonyl (C=O) groups is 2. The second-order valence-corrected chi connectivity index (χ2v) is 11.8. The molecule has 2 aromatic rings. The van der Waals surface area contributed by atoms with Gasteiger partial charge in [0, 0.05) is 28.2 Å². The zero-order chi connectivity index (χ0) is 26.8. The summed E-state index contributed by atoms with van der Waals surface area (Å²) in [5.41, 5.74) is -1.49. The van der Waals surface area contributed by atoms with E-state index in [4.69, 9.17) is 23.2 Å². The number of hydrogen-bond donors (Lipinski definition) is 4. The van der Waals surface area contributed by atoms with Gasteiger partial charge in [0.2, 0.25) is 11.8 Å². The Labute approximate surface area is 226 Å². The van der Waals surface area contributed by atoms with Crippen LogP contribution in [0.4, 0.5) is 10.1 Å². The van der Waals surface area contributed by atoms with Crippen molar-refractivity contribution in [2.75, 3.05) is 5.32 Å². The number of benzene rings is 2. The largest absolute Gasteiger partial charge is 0.390 e. The lowest BCUT2D eigenvalue weighted by Gasteiger charge is -2.44. The minimum absolute atomic E-state index is 0.0685. The first-order valence-corrected chi connectivity index (χ1v) is 13.6.